The van der Waals surface area contributed by atoms with Crippen molar-refractivity contribution in [2.24, 2.45) is 0 Å². The van der Waals surface area contributed by atoms with Crippen molar-refractivity contribution in [2.75, 3.05) is 0 Å². The lowest BCUT2D eigenvalue weighted by Crippen LogP contribution is -1.90. The average molecular weight is 533 g/mol. The Morgan fingerprint density at radius 2 is 0.905 bits per heavy atom. The fraction of sp³-hybridized carbons (Fsp3) is 0. The number of pyridine rings is 2. The highest BCUT2D eigenvalue weighted by molar-refractivity contribution is 6.28. The minimum atomic E-state index is 1.02. The van der Waals surface area contributed by atoms with Gasteiger partial charge in [0, 0.05) is 28.7 Å². The van der Waals surface area contributed by atoms with Crippen molar-refractivity contribution in [3.63, 3.8) is 0 Å². The number of rotatable bonds is 3. The molecule has 2 heteroatoms. The third-order valence-corrected chi connectivity index (χ3v) is 8.74. The van der Waals surface area contributed by atoms with Crippen LogP contribution in [0.15, 0.2) is 146 Å². The lowest BCUT2D eigenvalue weighted by molar-refractivity contribution is 1.41. The van der Waals surface area contributed by atoms with Gasteiger partial charge in [-0.25, -0.2) is 0 Å². The van der Waals surface area contributed by atoms with Crippen LogP contribution in [0, 0.1) is 0 Å². The second-order valence-electron chi connectivity index (χ2n) is 11.0. The summed E-state index contributed by atoms with van der Waals surface area (Å²) in [6, 6.07) is 48.3. The van der Waals surface area contributed by atoms with Gasteiger partial charge in [0.2, 0.25) is 0 Å². The highest BCUT2D eigenvalue weighted by Crippen LogP contribution is 2.43. The Balaban J connectivity index is 1.24. The first-order chi connectivity index (χ1) is 20.8. The molecule has 2 heterocycles. The molecule has 0 unspecified atom stereocenters. The maximum Gasteiger partial charge on any atom is 0.0780 e. The topological polar surface area (TPSA) is 25.8 Å². The summed E-state index contributed by atoms with van der Waals surface area (Å²) in [7, 11) is 0. The number of fused-ring (bicyclic) bond motifs is 2. The van der Waals surface area contributed by atoms with Gasteiger partial charge in [-0.2, -0.15) is 0 Å². The first-order valence-electron chi connectivity index (χ1n) is 14.3. The van der Waals surface area contributed by atoms with Crippen molar-refractivity contribution in [1.29, 1.82) is 0 Å². The Labute approximate surface area is 242 Å². The van der Waals surface area contributed by atoms with E-state index in [-0.39, 0.29) is 0 Å². The Hall–Kier alpha value is -5.60. The Morgan fingerprint density at radius 3 is 1.71 bits per heavy atom. The van der Waals surface area contributed by atoms with Gasteiger partial charge in [-0.1, -0.05) is 115 Å². The number of hydrogen-bond acceptors (Lipinski definition) is 2. The van der Waals surface area contributed by atoms with Gasteiger partial charge in [0.15, 0.2) is 0 Å². The molecule has 0 aliphatic carbocycles. The van der Waals surface area contributed by atoms with E-state index in [1.807, 2.05) is 24.5 Å². The summed E-state index contributed by atoms with van der Waals surface area (Å²) in [5.74, 6) is 0. The molecule has 9 rings (SSSR count). The van der Waals surface area contributed by atoms with Crippen molar-refractivity contribution in [3.05, 3.63) is 146 Å². The third-order valence-electron chi connectivity index (χ3n) is 8.74. The van der Waals surface area contributed by atoms with E-state index in [1.54, 1.807) is 0 Å². The van der Waals surface area contributed by atoms with Crippen LogP contribution in [0.1, 0.15) is 0 Å². The molecule has 0 amide bonds. The molecule has 0 fully saturated rings. The summed E-state index contributed by atoms with van der Waals surface area (Å²) >= 11 is 0. The number of aromatic nitrogens is 2. The molecule has 42 heavy (non-hydrogen) atoms. The van der Waals surface area contributed by atoms with E-state index >= 15 is 0 Å². The Kier molecular flexibility index (Phi) is 4.93. The highest BCUT2D eigenvalue weighted by atomic mass is 14.7. The maximum atomic E-state index is 4.67. The SMILES string of the molecule is c1cnc2c(-c3ccc(-c4ccc5ccc6c(-c7cccc8ncccc78)ccc7ccc4c5c76)cc3)cccc2c1. The van der Waals surface area contributed by atoms with Crippen molar-refractivity contribution in [1.82, 2.24) is 9.97 Å². The van der Waals surface area contributed by atoms with E-state index in [2.05, 4.69) is 131 Å². The normalized spacial score (nSPS) is 11.8. The first-order valence-corrected chi connectivity index (χ1v) is 14.3. The predicted molar refractivity (Wildman–Crippen MR) is 177 cm³/mol. The molecule has 2 nitrogen and oxygen atoms in total. The Bertz CT molecular complexity index is 2450. The lowest BCUT2D eigenvalue weighted by atomic mass is 9.86. The number of benzene rings is 7. The zero-order chi connectivity index (χ0) is 27.6. The molecule has 0 saturated carbocycles. The largest absolute Gasteiger partial charge is 0.256 e. The van der Waals surface area contributed by atoms with Crippen LogP contribution in [-0.4, -0.2) is 9.97 Å². The molecule has 2 aromatic heterocycles. The molecule has 0 N–H and O–H groups in total. The predicted octanol–water partition coefficient (Wildman–Crippen LogP) is 10.7. The summed E-state index contributed by atoms with van der Waals surface area (Å²) < 4.78 is 0. The molecule has 0 spiro atoms. The van der Waals surface area contributed by atoms with Crippen molar-refractivity contribution in [2.45, 2.75) is 0 Å². The summed E-state index contributed by atoms with van der Waals surface area (Å²) in [6.07, 6.45) is 3.73. The third kappa shape index (κ3) is 3.39. The number of hydrogen-bond donors (Lipinski definition) is 0. The van der Waals surface area contributed by atoms with E-state index < -0.39 is 0 Å². The van der Waals surface area contributed by atoms with Crippen LogP contribution in [0.4, 0.5) is 0 Å². The molecule has 7 aromatic carbocycles. The summed E-state index contributed by atoms with van der Waals surface area (Å²) in [6.45, 7) is 0. The molecule has 0 radical (unpaired) electrons. The fourth-order valence-corrected chi connectivity index (χ4v) is 6.79. The molecule has 0 atom stereocenters. The van der Waals surface area contributed by atoms with Crippen LogP contribution in [-0.2, 0) is 0 Å². The monoisotopic (exact) mass is 532 g/mol. The van der Waals surface area contributed by atoms with E-state index in [9.17, 15) is 0 Å². The van der Waals surface area contributed by atoms with Gasteiger partial charge >= 0.3 is 0 Å². The van der Waals surface area contributed by atoms with E-state index in [4.69, 9.17) is 0 Å². The molecule has 0 aliphatic heterocycles. The quantitative estimate of drug-likeness (QED) is 0.212. The van der Waals surface area contributed by atoms with Gasteiger partial charge in [-0.05, 0) is 78.3 Å². The van der Waals surface area contributed by atoms with Gasteiger partial charge in [-0.3, -0.25) is 9.97 Å². The van der Waals surface area contributed by atoms with Crippen molar-refractivity contribution in [3.8, 4) is 33.4 Å². The zero-order valence-corrected chi connectivity index (χ0v) is 22.8. The van der Waals surface area contributed by atoms with E-state index in [1.165, 1.54) is 65.5 Å². The molecule has 0 saturated heterocycles. The van der Waals surface area contributed by atoms with Crippen LogP contribution in [0.2, 0.25) is 0 Å². The van der Waals surface area contributed by atoms with Gasteiger partial charge in [-0.15, -0.1) is 0 Å². The molecule has 0 bridgehead atoms. The second kappa shape index (κ2) is 8.95. The Morgan fingerprint density at radius 1 is 0.333 bits per heavy atom. The van der Waals surface area contributed by atoms with Gasteiger partial charge in [0.25, 0.3) is 0 Å². The molecular formula is C40H24N2. The summed E-state index contributed by atoms with van der Waals surface area (Å²) in [5, 5.41) is 10.1. The zero-order valence-electron chi connectivity index (χ0n) is 22.8. The standard InChI is InChI=1S/C40H24N2/c1-5-29-6-3-24-42-40(29)31(7-1)26-13-11-25(12-14-26)30-19-15-27-18-22-36-33(20-16-28-17-21-35(30)38(27)39(28)36)32-8-2-10-37-34(32)9-4-23-41-37/h1-24H. The number of nitrogens with zero attached hydrogens (tertiary/aromatic N) is 2. The molecule has 194 valence electrons. The summed E-state index contributed by atoms with van der Waals surface area (Å²) in [5.41, 5.74) is 9.32. The second-order valence-corrected chi connectivity index (χ2v) is 11.0. The molecule has 9 aromatic rings. The van der Waals surface area contributed by atoms with Gasteiger partial charge in [0.05, 0.1) is 11.0 Å². The van der Waals surface area contributed by atoms with Crippen LogP contribution >= 0.6 is 0 Å². The van der Waals surface area contributed by atoms with Crippen molar-refractivity contribution < 1.29 is 0 Å². The highest BCUT2D eigenvalue weighted by Gasteiger charge is 2.16. The van der Waals surface area contributed by atoms with Crippen LogP contribution in [0.25, 0.3) is 87.5 Å². The fourth-order valence-electron chi connectivity index (χ4n) is 6.79. The minimum Gasteiger partial charge on any atom is -0.256 e. The van der Waals surface area contributed by atoms with Crippen LogP contribution < -0.4 is 0 Å². The van der Waals surface area contributed by atoms with Gasteiger partial charge in [0.1, 0.15) is 0 Å². The van der Waals surface area contributed by atoms with Crippen LogP contribution in [0.3, 0.4) is 0 Å². The van der Waals surface area contributed by atoms with E-state index in [0.717, 1.165) is 22.0 Å². The molecule has 0 aliphatic rings. The smallest absolute Gasteiger partial charge is 0.0780 e. The summed E-state index contributed by atoms with van der Waals surface area (Å²) in [4.78, 5) is 9.28. The maximum absolute atomic E-state index is 4.67. The molecular weight excluding hydrogens is 508 g/mol. The van der Waals surface area contributed by atoms with Crippen LogP contribution in [0.5, 0.6) is 0 Å². The number of para-hydroxylation sites is 1. The van der Waals surface area contributed by atoms with Gasteiger partial charge < -0.3 is 0 Å². The van der Waals surface area contributed by atoms with Crippen molar-refractivity contribution >= 4 is 54.1 Å². The minimum absolute atomic E-state index is 1.02. The first kappa shape index (κ1) is 23.1. The van der Waals surface area contributed by atoms with E-state index in [0.29, 0.717) is 0 Å². The average Bonchev–Trinajstić information content (AvgIpc) is 3.06. The lowest BCUT2D eigenvalue weighted by Gasteiger charge is -2.17.